The van der Waals surface area contributed by atoms with Gasteiger partial charge in [0.2, 0.25) is 0 Å². The number of nitrogens with one attached hydrogen (secondary N) is 2. The van der Waals surface area contributed by atoms with Crippen molar-refractivity contribution in [3.8, 4) is 11.3 Å². The lowest BCUT2D eigenvalue weighted by molar-refractivity contribution is 0.0966. The normalized spacial score (nSPS) is 16.7. The van der Waals surface area contributed by atoms with Crippen molar-refractivity contribution in [3.05, 3.63) is 77.5 Å². The quantitative estimate of drug-likeness (QED) is 0.431. The average molecular weight is 461 g/mol. The number of benzene rings is 1. The lowest BCUT2D eigenvalue weighted by Gasteiger charge is -2.13. The number of aryl methyl sites for hydroxylation is 1. The monoisotopic (exact) mass is 461 g/mol. The number of carbonyl (C=O) groups is 1. The average Bonchev–Trinajstić information content (AvgIpc) is 3.59. The third kappa shape index (κ3) is 4.11. The molecule has 9 heteroatoms. The van der Waals surface area contributed by atoms with E-state index in [2.05, 4.69) is 20.6 Å². The van der Waals surface area contributed by atoms with E-state index >= 15 is 0 Å². The number of pyridine rings is 2. The fraction of sp³-hybridized carbons (Fsp3) is 0.240. The molecule has 4 aromatic rings. The Morgan fingerprint density at radius 1 is 1.24 bits per heavy atom. The third-order valence-electron chi connectivity index (χ3n) is 5.89. The smallest absolute Gasteiger partial charge is 0.254 e. The Morgan fingerprint density at radius 2 is 2.12 bits per heavy atom. The maximum absolute atomic E-state index is 14.4. The predicted molar refractivity (Wildman–Crippen MR) is 125 cm³/mol. The Balaban J connectivity index is 0.000000351. The molecule has 6 rings (SSSR count). The summed E-state index contributed by atoms with van der Waals surface area (Å²) in [6, 6.07) is 11.0. The first-order valence-corrected chi connectivity index (χ1v) is 11.0. The van der Waals surface area contributed by atoms with Crippen molar-refractivity contribution in [2.24, 2.45) is 0 Å². The minimum atomic E-state index is -0.340. The SMILES string of the molecule is Cc1ccn2c(-c3ccc(Nc4ccccn4)c4c3CNC4=O)cnc2c1F.OC1CCOC1. The number of aromatic nitrogens is 3. The Kier molecular flexibility index (Phi) is 5.95. The van der Waals surface area contributed by atoms with Crippen LogP contribution in [0.4, 0.5) is 15.9 Å². The van der Waals surface area contributed by atoms with Crippen molar-refractivity contribution in [1.29, 1.82) is 0 Å². The summed E-state index contributed by atoms with van der Waals surface area (Å²) < 4.78 is 20.9. The van der Waals surface area contributed by atoms with E-state index in [0.29, 0.717) is 35.8 Å². The summed E-state index contributed by atoms with van der Waals surface area (Å²) in [5, 5.41) is 14.7. The number of anilines is 2. The second-order valence-electron chi connectivity index (χ2n) is 8.20. The highest BCUT2D eigenvalue weighted by Crippen LogP contribution is 2.35. The van der Waals surface area contributed by atoms with Crippen LogP contribution in [0, 0.1) is 12.7 Å². The van der Waals surface area contributed by atoms with Crippen molar-refractivity contribution < 1.29 is 19.0 Å². The molecule has 5 heterocycles. The van der Waals surface area contributed by atoms with Gasteiger partial charge in [0.25, 0.3) is 5.91 Å². The Morgan fingerprint density at radius 3 is 2.82 bits per heavy atom. The summed E-state index contributed by atoms with van der Waals surface area (Å²) in [4.78, 5) is 21.0. The number of halogens is 1. The molecule has 3 aromatic heterocycles. The number of nitrogens with zero attached hydrogens (tertiary/aromatic N) is 3. The van der Waals surface area contributed by atoms with Crippen LogP contribution >= 0.6 is 0 Å². The number of aliphatic hydroxyl groups excluding tert-OH is 1. The number of carbonyl (C=O) groups excluding carboxylic acids is 1. The zero-order chi connectivity index (χ0) is 23.7. The van der Waals surface area contributed by atoms with Crippen molar-refractivity contribution in [2.75, 3.05) is 18.5 Å². The summed E-state index contributed by atoms with van der Waals surface area (Å²) in [5.74, 6) is 0.170. The first kappa shape index (κ1) is 22.0. The van der Waals surface area contributed by atoms with Crippen LogP contribution in [-0.2, 0) is 11.3 Å². The number of amides is 1. The Labute approximate surface area is 195 Å². The molecule has 1 atom stereocenters. The maximum atomic E-state index is 14.4. The maximum Gasteiger partial charge on any atom is 0.254 e. The standard InChI is InChI=1S/C21H16FN5O.C4H8O2/c1-12-7-9-27-16(11-24-20(27)19(12)22)13-5-6-15(18-14(13)10-25-21(18)28)26-17-4-2-3-8-23-17;5-4-1-2-6-3-4/h2-9,11H,10H2,1H3,(H,23,26)(H,25,28);4-5H,1-3H2. The van der Waals surface area contributed by atoms with Crippen LogP contribution < -0.4 is 10.6 Å². The molecule has 8 nitrogen and oxygen atoms in total. The third-order valence-corrected chi connectivity index (χ3v) is 5.89. The summed E-state index contributed by atoms with van der Waals surface area (Å²) >= 11 is 0. The van der Waals surface area contributed by atoms with Gasteiger partial charge >= 0.3 is 0 Å². The summed E-state index contributed by atoms with van der Waals surface area (Å²) in [6.07, 6.45) is 5.77. The predicted octanol–water partition coefficient (Wildman–Crippen LogP) is 3.60. The molecule has 174 valence electrons. The van der Waals surface area contributed by atoms with Gasteiger partial charge in [0.05, 0.1) is 35.9 Å². The van der Waals surface area contributed by atoms with Gasteiger partial charge in [0.1, 0.15) is 5.82 Å². The van der Waals surface area contributed by atoms with Crippen LogP contribution in [0.15, 0.2) is 55.0 Å². The summed E-state index contributed by atoms with van der Waals surface area (Å²) in [5.41, 5.74) is 4.52. The van der Waals surface area contributed by atoms with E-state index in [-0.39, 0.29) is 23.5 Å². The Hall–Kier alpha value is -3.82. The second-order valence-corrected chi connectivity index (χ2v) is 8.20. The van der Waals surface area contributed by atoms with Crippen LogP contribution in [0.1, 0.15) is 27.9 Å². The number of rotatable bonds is 3. The minimum absolute atomic E-state index is 0.147. The highest BCUT2D eigenvalue weighted by Gasteiger charge is 2.27. The van der Waals surface area contributed by atoms with E-state index in [9.17, 15) is 9.18 Å². The van der Waals surface area contributed by atoms with Gasteiger partial charge in [-0.25, -0.2) is 14.4 Å². The number of aliphatic hydroxyl groups is 1. The molecule has 1 saturated heterocycles. The molecule has 1 fully saturated rings. The first-order valence-electron chi connectivity index (χ1n) is 11.0. The fourth-order valence-electron chi connectivity index (χ4n) is 4.10. The molecule has 0 radical (unpaired) electrons. The zero-order valence-corrected chi connectivity index (χ0v) is 18.6. The molecular weight excluding hydrogens is 437 g/mol. The molecule has 1 aromatic carbocycles. The first-order chi connectivity index (χ1) is 16.5. The van der Waals surface area contributed by atoms with Crippen molar-refractivity contribution in [3.63, 3.8) is 0 Å². The van der Waals surface area contributed by atoms with Crippen LogP contribution in [0.25, 0.3) is 16.9 Å². The zero-order valence-electron chi connectivity index (χ0n) is 18.6. The highest BCUT2D eigenvalue weighted by atomic mass is 19.1. The number of fused-ring (bicyclic) bond motifs is 2. The molecule has 0 bridgehead atoms. The van der Waals surface area contributed by atoms with Gasteiger partial charge in [-0.2, -0.15) is 0 Å². The largest absolute Gasteiger partial charge is 0.391 e. The van der Waals surface area contributed by atoms with Crippen LogP contribution in [-0.4, -0.2) is 44.7 Å². The molecule has 3 N–H and O–H groups in total. The van der Waals surface area contributed by atoms with Gasteiger partial charge in [0.15, 0.2) is 11.5 Å². The molecular formula is C25H24FN5O3. The van der Waals surface area contributed by atoms with Crippen molar-refractivity contribution in [1.82, 2.24) is 19.7 Å². The molecule has 34 heavy (non-hydrogen) atoms. The number of imidazole rings is 1. The van der Waals surface area contributed by atoms with Crippen molar-refractivity contribution in [2.45, 2.75) is 26.0 Å². The molecule has 0 aliphatic carbocycles. The lowest BCUT2D eigenvalue weighted by Crippen LogP contribution is -2.13. The molecule has 1 unspecified atom stereocenters. The van der Waals surface area contributed by atoms with Gasteiger partial charge < -0.3 is 20.5 Å². The molecule has 2 aliphatic rings. The fourth-order valence-corrected chi connectivity index (χ4v) is 4.10. The van der Waals surface area contributed by atoms with Gasteiger partial charge in [-0.3, -0.25) is 9.20 Å². The van der Waals surface area contributed by atoms with E-state index in [1.807, 2.05) is 30.3 Å². The topological polar surface area (TPSA) is 101 Å². The Bertz CT molecular complexity index is 1350. The van der Waals surface area contributed by atoms with E-state index in [4.69, 9.17) is 9.84 Å². The summed E-state index contributed by atoms with van der Waals surface area (Å²) in [7, 11) is 0. The molecule has 1 amide bonds. The number of ether oxygens (including phenoxy) is 1. The van der Waals surface area contributed by atoms with Gasteiger partial charge in [0, 0.05) is 31.1 Å². The number of hydrogen-bond acceptors (Lipinski definition) is 6. The highest BCUT2D eigenvalue weighted by molar-refractivity contribution is 6.06. The van der Waals surface area contributed by atoms with Gasteiger partial charge in [-0.1, -0.05) is 12.1 Å². The molecule has 2 aliphatic heterocycles. The van der Waals surface area contributed by atoms with E-state index < -0.39 is 0 Å². The van der Waals surface area contributed by atoms with E-state index in [1.54, 1.807) is 36.0 Å². The van der Waals surface area contributed by atoms with E-state index in [0.717, 1.165) is 29.8 Å². The van der Waals surface area contributed by atoms with Crippen LogP contribution in [0.3, 0.4) is 0 Å². The molecule has 0 saturated carbocycles. The van der Waals surface area contributed by atoms with Gasteiger partial charge in [-0.15, -0.1) is 0 Å². The minimum Gasteiger partial charge on any atom is -0.391 e. The van der Waals surface area contributed by atoms with Crippen LogP contribution in [0.5, 0.6) is 0 Å². The van der Waals surface area contributed by atoms with E-state index in [1.165, 1.54) is 0 Å². The van der Waals surface area contributed by atoms with Gasteiger partial charge in [-0.05, 0) is 48.7 Å². The lowest BCUT2D eigenvalue weighted by atomic mass is 9.99. The summed E-state index contributed by atoms with van der Waals surface area (Å²) in [6.45, 7) is 3.39. The van der Waals surface area contributed by atoms with Crippen molar-refractivity contribution >= 4 is 23.1 Å². The number of hydrogen-bond donors (Lipinski definition) is 3. The molecule has 0 spiro atoms. The van der Waals surface area contributed by atoms with Crippen LogP contribution in [0.2, 0.25) is 0 Å². The second kappa shape index (κ2) is 9.20.